The number of carbonyl (C=O) groups excluding carboxylic acids is 2. The minimum Gasteiger partial charge on any atom is -0.462 e. The second kappa shape index (κ2) is 10.7. The van der Waals surface area contributed by atoms with Gasteiger partial charge in [-0.05, 0) is 61.4 Å². The average molecular weight is 457 g/mol. The Morgan fingerprint density at radius 2 is 1.82 bits per heavy atom. The van der Waals surface area contributed by atoms with E-state index in [0.717, 1.165) is 23.1 Å². The van der Waals surface area contributed by atoms with Gasteiger partial charge in [0.1, 0.15) is 0 Å². The highest BCUT2D eigenvalue weighted by Crippen LogP contribution is 2.32. The Hall–Kier alpha value is -4.13. The van der Waals surface area contributed by atoms with E-state index in [1.165, 1.54) is 5.52 Å². The topological polar surface area (TPSA) is 85.2 Å². The first-order chi connectivity index (χ1) is 16.6. The molecule has 2 N–H and O–H groups in total. The van der Waals surface area contributed by atoms with Crippen molar-refractivity contribution in [3.8, 4) is 0 Å². The van der Waals surface area contributed by atoms with Crippen molar-refractivity contribution in [3.63, 3.8) is 0 Å². The van der Waals surface area contributed by atoms with E-state index >= 15 is 0 Å². The number of hydrogen-bond donors (Lipinski definition) is 2. The van der Waals surface area contributed by atoms with Gasteiger partial charge in [-0.1, -0.05) is 24.3 Å². The molecule has 1 atom stereocenters. The van der Waals surface area contributed by atoms with Crippen LogP contribution in [-0.4, -0.2) is 34.7 Å². The quantitative estimate of drug-likeness (QED) is 0.358. The highest BCUT2D eigenvalue weighted by atomic mass is 16.5. The largest absolute Gasteiger partial charge is 0.462 e. The number of urea groups is 1. The van der Waals surface area contributed by atoms with Crippen LogP contribution >= 0.6 is 0 Å². The predicted molar refractivity (Wildman–Crippen MR) is 133 cm³/mol. The van der Waals surface area contributed by atoms with Crippen molar-refractivity contribution in [3.05, 3.63) is 95.9 Å². The highest BCUT2D eigenvalue weighted by Gasteiger charge is 2.21. The number of hydrogen-bond acceptors (Lipinski definition) is 4. The molecule has 0 fully saturated rings. The SMILES string of the molecule is CCOC(=O)c1ccc(NC(=O)NC[C@H](c2cccnc2)c2cn(CC)c3ccccc23)cc1. The van der Waals surface area contributed by atoms with Gasteiger partial charge < -0.3 is 19.9 Å². The Balaban J connectivity index is 1.51. The van der Waals surface area contributed by atoms with E-state index in [2.05, 4.69) is 45.4 Å². The number of esters is 1. The number of amides is 2. The monoisotopic (exact) mass is 456 g/mol. The number of nitrogens with zero attached hydrogens (tertiary/aromatic N) is 2. The van der Waals surface area contributed by atoms with E-state index in [0.29, 0.717) is 24.4 Å². The molecule has 174 valence electrons. The Morgan fingerprint density at radius 3 is 2.53 bits per heavy atom. The molecule has 0 aliphatic rings. The molecule has 0 unspecified atom stereocenters. The average Bonchev–Trinajstić information content (AvgIpc) is 3.24. The van der Waals surface area contributed by atoms with Crippen molar-refractivity contribution in [2.45, 2.75) is 26.3 Å². The van der Waals surface area contributed by atoms with Crippen LogP contribution in [0.5, 0.6) is 0 Å². The zero-order chi connectivity index (χ0) is 23.9. The minimum atomic E-state index is -0.385. The van der Waals surface area contributed by atoms with Crippen LogP contribution in [-0.2, 0) is 11.3 Å². The summed E-state index contributed by atoms with van der Waals surface area (Å²) in [7, 11) is 0. The first kappa shape index (κ1) is 23.0. The van der Waals surface area contributed by atoms with Crippen molar-refractivity contribution in [1.82, 2.24) is 14.9 Å². The molecule has 0 aliphatic carbocycles. The number of rotatable bonds is 8. The van der Waals surface area contributed by atoms with Crippen LogP contribution in [0.1, 0.15) is 41.3 Å². The summed E-state index contributed by atoms with van der Waals surface area (Å²) in [6, 6.07) is 18.5. The molecular weight excluding hydrogens is 428 g/mol. The number of pyridine rings is 1. The lowest BCUT2D eigenvalue weighted by Crippen LogP contribution is -2.32. The Labute approximate surface area is 198 Å². The summed E-state index contributed by atoms with van der Waals surface area (Å²) in [5.74, 6) is -0.451. The lowest BCUT2D eigenvalue weighted by molar-refractivity contribution is 0.0526. The van der Waals surface area contributed by atoms with Gasteiger partial charge in [0.25, 0.3) is 0 Å². The van der Waals surface area contributed by atoms with Gasteiger partial charge in [0.2, 0.25) is 0 Å². The van der Waals surface area contributed by atoms with Crippen LogP contribution in [0.25, 0.3) is 10.9 Å². The highest BCUT2D eigenvalue weighted by molar-refractivity contribution is 5.92. The Morgan fingerprint density at radius 1 is 1.03 bits per heavy atom. The summed E-state index contributed by atoms with van der Waals surface area (Å²) < 4.78 is 7.21. The zero-order valence-electron chi connectivity index (χ0n) is 19.3. The molecule has 4 rings (SSSR count). The maximum atomic E-state index is 12.7. The molecule has 7 nitrogen and oxygen atoms in total. The van der Waals surface area contributed by atoms with Crippen LogP contribution < -0.4 is 10.6 Å². The third-order valence-corrected chi connectivity index (χ3v) is 5.74. The van der Waals surface area contributed by atoms with Gasteiger partial charge in [-0.2, -0.15) is 0 Å². The Kier molecular flexibility index (Phi) is 7.22. The molecule has 2 aromatic heterocycles. The maximum Gasteiger partial charge on any atom is 0.338 e. The summed E-state index contributed by atoms with van der Waals surface area (Å²) in [5, 5.41) is 6.99. The summed E-state index contributed by atoms with van der Waals surface area (Å²) in [4.78, 5) is 28.8. The van der Waals surface area contributed by atoms with E-state index in [-0.39, 0.29) is 17.9 Å². The van der Waals surface area contributed by atoms with Crippen molar-refractivity contribution in [2.24, 2.45) is 0 Å². The van der Waals surface area contributed by atoms with E-state index in [1.54, 1.807) is 37.4 Å². The van der Waals surface area contributed by atoms with Gasteiger partial charge in [0.15, 0.2) is 0 Å². The minimum absolute atomic E-state index is 0.0664. The summed E-state index contributed by atoms with van der Waals surface area (Å²) >= 11 is 0. The molecule has 0 radical (unpaired) electrons. The summed E-state index contributed by atoms with van der Waals surface area (Å²) in [6.45, 7) is 5.45. The number of anilines is 1. The van der Waals surface area contributed by atoms with Crippen LogP contribution in [0, 0.1) is 0 Å². The van der Waals surface area contributed by atoms with E-state index in [4.69, 9.17) is 4.74 Å². The molecule has 7 heteroatoms. The number of aromatic nitrogens is 2. The van der Waals surface area contributed by atoms with E-state index in [9.17, 15) is 9.59 Å². The molecule has 2 heterocycles. The van der Waals surface area contributed by atoms with Crippen molar-refractivity contribution < 1.29 is 14.3 Å². The fraction of sp³-hybridized carbons (Fsp3) is 0.222. The van der Waals surface area contributed by atoms with Crippen LogP contribution in [0.3, 0.4) is 0 Å². The molecule has 2 amide bonds. The molecule has 0 saturated heterocycles. The molecular formula is C27H28N4O3. The number of ether oxygens (including phenoxy) is 1. The second-order valence-corrected chi connectivity index (χ2v) is 7.86. The molecule has 2 aromatic carbocycles. The number of aryl methyl sites for hydroxylation is 1. The molecule has 34 heavy (non-hydrogen) atoms. The lowest BCUT2D eigenvalue weighted by Gasteiger charge is -2.18. The lowest BCUT2D eigenvalue weighted by atomic mass is 9.92. The van der Waals surface area contributed by atoms with E-state index < -0.39 is 0 Å². The van der Waals surface area contributed by atoms with Gasteiger partial charge in [0.05, 0.1) is 12.2 Å². The van der Waals surface area contributed by atoms with Crippen molar-refractivity contribution >= 4 is 28.6 Å². The normalized spacial score (nSPS) is 11.7. The number of carbonyl (C=O) groups is 2. The Bertz CT molecular complexity index is 1270. The number of para-hydroxylation sites is 1. The van der Waals surface area contributed by atoms with Gasteiger partial charge in [0, 0.05) is 54.2 Å². The van der Waals surface area contributed by atoms with Crippen LogP contribution in [0.15, 0.2) is 79.3 Å². The number of nitrogens with one attached hydrogen (secondary N) is 2. The second-order valence-electron chi connectivity index (χ2n) is 7.86. The van der Waals surface area contributed by atoms with Gasteiger partial charge in [-0.3, -0.25) is 4.98 Å². The first-order valence-electron chi connectivity index (χ1n) is 11.4. The smallest absolute Gasteiger partial charge is 0.338 e. The first-order valence-corrected chi connectivity index (χ1v) is 11.4. The molecule has 4 aromatic rings. The van der Waals surface area contributed by atoms with Gasteiger partial charge in [-0.25, -0.2) is 9.59 Å². The predicted octanol–water partition coefficient (Wildman–Crippen LogP) is 5.19. The van der Waals surface area contributed by atoms with Crippen LogP contribution in [0.2, 0.25) is 0 Å². The van der Waals surface area contributed by atoms with Crippen LogP contribution in [0.4, 0.5) is 10.5 Å². The van der Waals surface area contributed by atoms with Gasteiger partial charge in [-0.15, -0.1) is 0 Å². The molecule has 0 aliphatic heterocycles. The standard InChI is InChI=1S/C27H28N4O3/c1-3-31-18-24(22-9-5-6-10-25(22)31)23(20-8-7-15-28-16-20)17-29-27(33)30-21-13-11-19(12-14-21)26(32)34-4-2/h5-16,18,23H,3-4,17H2,1-2H3,(H2,29,30,33)/t23-/m1/s1. The van der Waals surface area contributed by atoms with E-state index in [1.807, 2.05) is 30.5 Å². The fourth-order valence-electron chi connectivity index (χ4n) is 4.08. The third-order valence-electron chi connectivity index (χ3n) is 5.74. The van der Waals surface area contributed by atoms with Crippen molar-refractivity contribution in [2.75, 3.05) is 18.5 Å². The summed E-state index contributed by atoms with van der Waals surface area (Å²) in [5.41, 5.74) is 4.37. The fourth-order valence-corrected chi connectivity index (χ4v) is 4.08. The molecule has 0 saturated carbocycles. The molecule has 0 bridgehead atoms. The molecule has 0 spiro atoms. The van der Waals surface area contributed by atoms with Gasteiger partial charge >= 0.3 is 12.0 Å². The maximum absolute atomic E-state index is 12.7. The third kappa shape index (κ3) is 5.09. The van der Waals surface area contributed by atoms with Crippen molar-refractivity contribution in [1.29, 1.82) is 0 Å². The number of benzene rings is 2. The number of fused-ring (bicyclic) bond motifs is 1. The summed E-state index contributed by atoms with van der Waals surface area (Å²) in [6.07, 6.45) is 5.75. The zero-order valence-corrected chi connectivity index (χ0v) is 19.3.